The van der Waals surface area contributed by atoms with Crippen molar-refractivity contribution in [1.82, 2.24) is 9.78 Å². The van der Waals surface area contributed by atoms with Crippen LogP contribution in [0.15, 0.2) is 30.5 Å². The standard InChI is InChI=1S/C12H11IN2O2/c1-17-11-4-2-9(3-5-11)6-15-7-10(8-16)12(13)14-15/h2-5,7-8H,6H2,1H3. The Bertz CT molecular complexity index is 520. The van der Waals surface area contributed by atoms with Gasteiger partial charge in [0.1, 0.15) is 9.45 Å². The second-order valence-corrected chi connectivity index (χ2v) is 4.56. The van der Waals surface area contributed by atoms with Gasteiger partial charge in [-0.15, -0.1) is 0 Å². The first-order chi connectivity index (χ1) is 8.22. The van der Waals surface area contributed by atoms with E-state index in [9.17, 15) is 4.79 Å². The van der Waals surface area contributed by atoms with Gasteiger partial charge < -0.3 is 4.74 Å². The zero-order valence-electron chi connectivity index (χ0n) is 9.26. The second-order valence-electron chi connectivity index (χ2n) is 3.54. The monoisotopic (exact) mass is 342 g/mol. The number of hydrogen-bond donors (Lipinski definition) is 0. The minimum Gasteiger partial charge on any atom is -0.497 e. The number of nitrogens with zero attached hydrogens (tertiary/aromatic N) is 2. The number of aldehydes is 1. The largest absolute Gasteiger partial charge is 0.497 e. The van der Waals surface area contributed by atoms with Gasteiger partial charge in [0.25, 0.3) is 0 Å². The average Bonchev–Trinajstić information content (AvgIpc) is 2.70. The Morgan fingerprint density at radius 2 is 2.12 bits per heavy atom. The Hall–Kier alpha value is -1.37. The Kier molecular flexibility index (Phi) is 3.78. The van der Waals surface area contributed by atoms with Crippen LogP contribution in [0.1, 0.15) is 15.9 Å². The van der Waals surface area contributed by atoms with Crippen molar-refractivity contribution in [1.29, 1.82) is 0 Å². The number of benzene rings is 1. The van der Waals surface area contributed by atoms with E-state index >= 15 is 0 Å². The summed E-state index contributed by atoms with van der Waals surface area (Å²) in [4.78, 5) is 10.7. The summed E-state index contributed by atoms with van der Waals surface area (Å²) >= 11 is 2.05. The molecule has 1 aromatic carbocycles. The van der Waals surface area contributed by atoms with Crippen LogP contribution in [-0.2, 0) is 6.54 Å². The van der Waals surface area contributed by atoms with E-state index in [0.717, 1.165) is 21.3 Å². The van der Waals surface area contributed by atoms with E-state index in [1.54, 1.807) is 18.0 Å². The van der Waals surface area contributed by atoms with Crippen LogP contribution in [0.5, 0.6) is 5.75 Å². The number of methoxy groups -OCH3 is 1. The molecule has 0 radical (unpaired) electrons. The number of ether oxygens (including phenoxy) is 1. The Labute approximate surface area is 113 Å². The van der Waals surface area contributed by atoms with Gasteiger partial charge in [0.2, 0.25) is 0 Å². The Morgan fingerprint density at radius 3 is 2.65 bits per heavy atom. The number of rotatable bonds is 4. The van der Waals surface area contributed by atoms with Gasteiger partial charge in [-0.25, -0.2) is 0 Å². The maximum absolute atomic E-state index is 10.7. The van der Waals surface area contributed by atoms with Crippen molar-refractivity contribution in [3.8, 4) is 5.75 Å². The summed E-state index contributed by atoms with van der Waals surface area (Å²) in [5.41, 5.74) is 1.74. The molecule has 0 saturated carbocycles. The quantitative estimate of drug-likeness (QED) is 0.633. The number of carbonyl (C=O) groups excluding carboxylic acids is 1. The van der Waals surface area contributed by atoms with Crippen LogP contribution in [0.25, 0.3) is 0 Å². The van der Waals surface area contributed by atoms with Gasteiger partial charge in [-0.3, -0.25) is 9.48 Å². The summed E-state index contributed by atoms with van der Waals surface area (Å²) in [5.74, 6) is 0.831. The molecule has 4 nitrogen and oxygen atoms in total. The highest BCUT2D eigenvalue weighted by molar-refractivity contribution is 14.1. The van der Waals surface area contributed by atoms with Crippen molar-refractivity contribution in [3.63, 3.8) is 0 Å². The van der Waals surface area contributed by atoms with Crippen LogP contribution in [0.2, 0.25) is 0 Å². The van der Waals surface area contributed by atoms with Crippen LogP contribution in [0.4, 0.5) is 0 Å². The lowest BCUT2D eigenvalue weighted by molar-refractivity contribution is 0.112. The predicted molar refractivity (Wildman–Crippen MR) is 72.4 cm³/mol. The molecule has 0 atom stereocenters. The summed E-state index contributed by atoms with van der Waals surface area (Å²) in [6.45, 7) is 0.647. The average molecular weight is 342 g/mol. The first-order valence-corrected chi connectivity index (χ1v) is 6.12. The summed E-state index contributed by atoms with van der Waals surface area (Å²) < 4.78 is 7.58. The molecule has 1 heterocycles. The van der Waals surface area contributed by atoms with E-state index in [-0.39, 0.29) is 0 Å². The molecule has 0 aliphatic rings. The molecule has 0 bridgehead atoms. The number of carbonyl (C=O) groups is 1. The maximum Gasteiger partial charge on any atom is 0.154 e. The first kappa shape index (κ1) is 12.1. The molecule has 5 heteroatoms. The van der Waals surface area contributed by atoms with Gasteiger partial charge in [-0.1, -0.05) is 12.1 Å². The predicted octanol–water partition coefficient (Wildman–Crippen LogP) is 2.36. The molecule has 1 aromatic heterocycles. The van der Waals surface area contributed by atoms with Crippen LogP contribution in [0, 0.1) is 3.70 Å². The lowest BCUT2D eigenvalue weighted by Crippen LogP contribution is -2.00. The molecule has 0 unspecified atom stereocenters. The molecular formula is C12H11IN2O2. The summed E-state index contributed by atoms with van der Waals surface area (Å²) in [5, 5.41) is 4.26. The zero-order chi connectivity index (χ0) is 12.3. The zero-order valence-corrected chi connectivity index (χ0v) is 11.4. The lowest BCUT2D eigenvalue weighted by atomic mass is 10.2. The van der Waals surface area contributed by atoms with Crippen LogP contribution < -0.4 is 4.74 Å². The molecule has 0 aliphatic heterocycles. The fraction of sp³-hybridized carbons (Fsp3) is 0.167. The fourth-order valence-corrected chi connectivity index (χ4v) is 2.03. The van der Waals surface area contributed by atoms with Crippen LogP contribution in [0.3, 0.4) is 0 Å². The van der Waals surface area contributed by atoms with Gasteiger partial charge in [-0.2, -0.15) is 5.10 Å². The Balaban J connectivity index is 2.16. The highest BCUT2D eigenvalue weighted by Crippen LogP contribution is 2.13. The molecule has 0 aliphatic carbocycles. The van der Waals surface area contributed by atoms with E-state index in [1.807, 2.05) is 24.3 Å². The summed E-state index contributed by atoms with van der Waals surface area (Å²) in [6, 6.07) is 7.77. The molecule has 2 rings (SSSR count). The van der Waals surface area contributed by atoms with Crippen molar-refractivity contribution in [2.75, 3.05) is 7.11 Å². The maximum atomic E-state index is 10.7. The van der Waals surface area contributed by atoms with E-state index < -0.39 is 0 Å². The molecule has 88 valence electrons. The highest BCUT2D eigenvalue weighted by Gasteiger charge is 2.05. The first-order valence-electron chi connectivity index (χ1n) is 5.04. The molecule has 17 heavy (non-hydrogen) atoms. The van der Waals surface area contributed by atoms with Crippen LogP contribution >= 0.6 is 22.6 Å². The molecule has 0 N–H and O–H groups in total. The minimum absolute atomic E-state index is 0.624. The van der Waals surface area contributed by atoms with Crippen molar-refractivity contribution in [2.45, 2.75) is 6.54 Å². The molecule has 0 spiro atoms. The molecule has 2 aromatic rings. The third kappa shape index (κ3) is 2.85. The van der Waals surface area contributed by atoms with Gasteiger partial charge in [0.15, 0.2) is 6.29 Å². The smallest absolute Gasteiger partial charge is 0.154 e. The third-order valence-corrected chi connectivity index (χ3v) is 3.21. The fourth-order valence-electron chi connectivity index (χ4n) is 1.49. The van der Waals surface area contributed by atoms with Gasteiger partial charge in [0.05, 0.1) is 19.2 Å². The Morgan fingerprint density at radius 1 is 1.41 bits per heavy atom. The summed E-state index contributed by atoms with van der Waals surface area (Å²) in [7, 11) is 1.64. The van der Waals surface area contributed by atoms with Gasteiger partial charge in [-0.05, 0) is 40.3 Å². The number of halogens is 1. The van der Waals surface area contributed by atoms with Crippen molar-refractivity contribution in [2.24, 2.45) is 0 Å². The lowest BCUT2D eigenvalue weighted by Gasteiger charge is -2.03. The normalized spacial score (nSPS) is 10.2. The summed E-state index contributed by atoms with van der Waals surface area (Å²) in [6.07, 6.45) is 2.57. The third-order valence-electron chi connectivity index (χ3n) is 2.37. The molecule has 0 amide bonds. The highest BCUT2D eigenvalue weighted by atomic mass is 127. The molecular weight excluding hydrogens is 331 g/mol. The molecule has 0 fully saturated rings. The van der Waals surface area contributed by atoms with Crippen molar-refractivity contribution >= 4 is 28.9 Å². The van der Waals surface area contributed by atoms with Gasteiger partial charge in [0, 0.05) is 6.20 Å². The van der Waals surface area contributed by atoms with Crippen molar-refractivity contribution in [3.05, 3.63) is 45.3 Å². The topological polar surface area (TPSA) is 44.1 Å². The molecule has 0 saturated heterocycles. The SMILES string of the molecule is COc1ccc(Cn2cc(C=O)c(I)n2)cc1. The van der Waals surface area contributed by atoms with Crippen molar-refractivity contribution < 1.29 is 9.53 Å². The minimum atomic E-state index is 0.624. The van der Waals surface area contributed by atoms with E-state index in [4.69, 9.17) is 4.74 Å². The number of aromatic nitrogens is 2. The van der Waals surface area contributed by atoms with E-state index in [1.165, 1.54) is 0 Å². The van der Waals surface area contributed by atoms with Crippen LogP contribution in [-0.4, -0.2) is 23.2 Å². The number of hydrogen-bond acceptors (Lipinski definition) is 3. The van der Waals surface area contributed by atoms with E-state index in [2.05, 4.69) is 27.7 Å². The van der Waals surface area contributed by atoms with Gasteiger partial charge >= 0.3 is 0 Å². The van der Waals surface area contributed by atoms with E-state index in [0.29, 0.717) is 12.1 Å². The second kappa shape index (κ2) is 5.31.